The first kappa shape index (κ1) is 21.2. The molecule has 2 rings (SSSR count). The second kappa shape index (κ2) is 10.3. The standard InChI is InChI=1S/C21H19N3O5/c1-2-28-21(27)15-5-7-17(8-6-15)24-20(26)16(12-22)11-14-3-9-18(10-4-14)29-13-19(23)25/h3-11H,2,13H2,1H3,(H2,23,25)(H,24,26)/b16-11+. The molecule has 0 aliphatic carbocycles. The van der Waals surface area contributed by atoms with Crippen LogP contribution in [0.15, 0.2) is 54.1 Å². The minimum Gasteiger partial charge on any atom is -0.484 e. The van der Waals surface area contributed by atoms with E-state index in [2.05, 4.69) is 5.32 Å². The van der Waals surface area contributed by atoms with Gasteiger partial charge in [-0.25, -0.2) is 4.79 Å². The Morgan fingerprint density at radius 2 is 1.76 bits per heavy atom. The molecule has 0 atom stereocenters. The number of hydrogen-bond donors (Lipinski definition) is 2. The summed E-state index contributed by atoms with van der Waals surface area (Å²) in [4.78, 5) is 34.7. The van der Waals surface area contributed by atoms with Crippen molar-refractivity contribution in [3.63, 3.8) is 0 Å². The van der Waals surface area contributed by atoms with E-state index in [0.717, 1.165) is 0 Å². The van der Waals surface area contributed by atoms with E-state index in [9.17, 15) is 19.6 Å². The van der Waals surface area contributed by atoms with Crippen molar-refractivity contribution in [1.29, 1.82) is 5.26 Å². The van der Waals surface area contributed by atoms with Crippen molar-refractivity contribution in [3.8, 4) is 11.8 Å². The lowest BCUT2D eigenvalue weighted by Crippen LogP contribution is -2.19. The Kier molecular flexibility index (Phi) is 7.51. The highest BCUT2D eigenvalue weighted by Crippen LogP contribution is 2.16. The maximum atomic E-state index is 12.3. The Balaban J connectivity index is 2.05. The molecule has 2 amide bonds. The van der Waals surface area contributed by atoms with E-state index in [0.29, 0.717) is 22.6 Å². The zero-order valence-electron chi connectivity index (χ0n) is 15.7. The Morgan fingerprint density at radius 1 is 1.10 bits per heavy atom. The molecule has 0 fully saturated rings. The van der Waals surface area contributed by atoms with Crippen LogP contribution >= 0.6 is 0 Å². The predicted molar refractivity (Wildman–Crippen MR) is 106 cm³/mol. The van der Waals surface area contributed by atoms with E-state index in [1.807, 2.05) is 6.07 Å². The number of ether oxygens (including phenoxy) is 2. The first-order valence-corrected chi connectivity index (χ1v) is 8.64. The van der Waals surface area contributed by atoms with Gasteiger partial charge in [0.1, 0.15) is 17.4 Å². The van der Waals surface area contributed by atoms with Gasteiger partial charge in [-0.15, -0.1) is 0 Å². The number of carbonyl (C=O) groups excluding carboxylic acids is 3. The molecule has 0 aliphatic rings. The fourth-order valence-electron chi connectivity index (χ4n) is 2.23. The number of esters is 1. The summed E-state index contributed by atoms with van der Waals surface area (Å²) in [5.74, 6) is -1.20. The molecular formula is C21H19N3O5. The molecule has 8 nitrogen and oxygen atoms in total. The van der Waals surface area contributed by atoms with E-state index in [4.69, 9.17) is 15.2 Å². The van der Waals surface area contributed by atoms with Gasteiger partial charge in [-0.3, -0.25) is 9.59 Å². The molecule has 2 aromatic carbocycles. The molecule has 0 saturated carbocycles. The highest BCUT2D eigenvalue weighted by atomic mass is 16.5. The van der Waals surface area contributed by atoms with Gasteiger partial charge in [-0.1, -0.05) is 12.1 Å². The number of benzene rings is 2. The third kappa shape index (κ3) is 6.52. The maximum Gasteiger partial charge on any atom is 0.338 e. The number of rotatable bonds is 8. The van der Waals surface area contributed by atoms with Crippen molar-refractivity contribution in [2.75, 3.05) is 18.5 Å². The number of nitrogens with two attached hydrogens (primary N) is 1. The van der Waals surface area contributed by atoms with Crippen LogP contribution in [0.3, 0.4) is 0 Å². The molecule has 0 unspecified atom stereocenters. The molecule has 0 aromatic heterocycles. The Bertz CT molecular complexity index is 957. The van der Waals surface area contributed by atoms with Crippen molar-refractivity contribution in [2.24, 2.45) is 5.73 Å². The van der Waals surface area contributed by atoms with E-state index in [1.165, 1.54) is 18.2 Å². The predicted octanol–water partition coefficient (Wildman–Crippen LogP) is 2.27. The van der Waals surface area contributed by atoms with E-state index >= 15 is 0 Å². The molecule has 3 N–H and O–H groups in total. The van der Waals surface area contributed by atoms with E-state index in [1.54, 1.807) is 43.3 Å². The highest BCUT2D eigenvalue weighted by Gasteiger charge is 2.11. The van der Waals surface area contributed by atoms with Crippen molar-refractivity contribution < 1.29 is 23.9 Å². The number of primary amides is 1. The van der Waals surface area contributed by atoms with E-state index in [-0.39, 0.29) is 18.8 Å². The van der Waals surface area contributed by atoms with Crippen LogP contribution in [0.4, 0.5) is 5.69 Å². The van der Waals surface area contributed by atoms with Crippen molar-refractivity contribution in [1.82, 2.24) is 0 Å². The van der Waals surface area contributed by atoms with Gasteiger partial charge in [0.2, 0.25) is 0 Å². The first-order chi connectivity index (χ1) is 13.9. The van der Waals surface area contributed by atoms with Gasteiger partial charge in [0, 0.05) is 5.69 Å². The number of nitriles is 1. The largest absolute Gasteiger partial charge is 0.484 e. The summed E-state index contributed by atoms with van der Waals surface area (Å²) in [6.07, 6.45) is 1.42. The summed E-state index contributed by atoms with van der Waals surface area (Å²) in [7, 11) is 0. The average molecular weight is 393 g/mol. The maximum absolute atomic E-state index is 12.3. The molecular weight excluding hydrogens is 374 g/mol. The number of anilines is 1. The Labute approximate surface area is 167 Å². The summed E-state index contributed by atoms with van der Waals surface area (Å²) in [6.45, 7) is 1.74. The van der Waals surface area contributed by atoms with Gasteiger partial charge in [0.05, 0.1) is 12.2 Å². The van der Waals surface area contributed by atoms with Crippen LogP contribution in [0.25, 0.3) is 6.08 Å². The van der Waals surface area contributed by atoms with Crippen LogP contribution in [-0.2, 0) is 14.3 Å². The molecule has 0 spiro atoms. The SMILES string of the molecule is CCOC(=O)c1ccc(NC(=O)/C(C#N)=C/c2ccc(OCC(N)=O)cc2)cc1. The summed E-state index contributed by atoms with van der Waals surface area (Å²) in [5, 5.41) is 11.9. The normalized spacial score (nSPS) is 10.6. The molecule has 29 heavy (non-hydrogen) atoms. The Hall–Kier alpha value is -4.12. The van der Waals surface area contributed by atoms with Gasteiger partial charge in [-0.2, -0.15) is 5.26 Å². The summed E-state index contributed by atoms with van der Waals surface area (Å²) < 4.78 is 10.0. The number of hydrogen-bond acceptors (Lipinski definition) is 6. The van der Waals surface area contributed by atoms with Gasteiger partial charge >= 0.3 is 5.97 Å². The van der Waals surface area contributed by atoms with Crippen molar-refractivity contribution in [2.45, 2.75) is 6.92 Å². The molecule has 2 aromatic rings. The highest BCUT2D eigenvalue weighted by molar-refractivity contribution is 6.09. The van der Waals surface area contributed by atoms with Gasteiger partial charge in [-0.05, 0) is 55.0 Å². The zero-order valence-corrected chi connectivity index (χ0v) is 15.7. The minimum absolute atomic E-state index is 0.106. The summed E-state index contributed by atoms with van der Waals surface area (Å²) in [6, 6.07) is 14.4. The monoisotopic (exact) mass is 393 g/mol. The topological polar surface area (TPSA) is 132 Å². The smallest absolute Gasteiger partial charge is 0.338 e. The van der Waals surface area contributed by atoms with Crippen molar-refractivity contribution >= 4 is 29.5 Å². The fourth-order valence-corrected chi connectivity index (χ4v) is 2.23. The molecule has 0 heterocycles. The van der Waals surface area contributed by atoms with Gasteiger partial charge in [0.15, 0.2) is 6.61 Å². The second-order valence-corrected chi connectivity index (χ2v) is 5.75. The fraction of sp³-hybridized carbons (Fsp3) is 0.143. The van der Waals surface area contributed by atoms with Crippen molar-refractivity contribution in [3.05, 3.63) is 65.2 Å². The number of amides is 2. The molecule has 0 aliphatic heterocycles. The lowest BCUT2D eigenvalue weighted by atomic mass is 10.1. The molecule has 0 radical (unpaired) electrons. The van der Waals surface area contributed by atoms with Crippen LogP contribution in [0.2, 0.25) is 0 Å². The van der Waals surface area contributed by atoms with Crippen LogP contribution in [0, 0.1) is 11.3 Å². The van der Waals surface area contributed by atoms with Crippen LogP contribution < -0.4 is 15.8 Å². The third-order valence-electron chi connectivity index (χ3n) is 3.59. The molecule has 0 bridgehead atoms. The zero-order chi connectivity index (χ0) is 21.2. The lowest BCUT2D eigenvalue weighted by molar-refractivity contribution is -0.120. The molecule has 0 saturated heterocycles. The summed E-state index contributed by atoms with van der Waals surface area (Å²) in [5.41, 5.74) is 6.29. The number of nitrogens with zero attached hydrogens (tertiary/aromatic N) is 1. The van der Waals surface area contributed by atoms with Crippen LogP contribution in [-0.4, -0.2) is 31.0 Å². The third-order valence-corrected chi connectivity index (χ3v) is 3.59. The van der Waals surface area contributed by atoms with Crippen LogP contribution in [0.1, 0.15) is 22.8 Å². The van der Waals surface area contributed by atoms with E-state index < -0.39 is 17.8 Å². The van der Waals surface area contributed by atoms with Crippen LogP contribution in [0.5, 0.6) is 5.75 Å². The number of carbonyl (C=O) groups is 3. The number of nitrogens with one attached hydrogen (secondary N) is 1. The van der Waals surface area contributed by atoms with Gasteiger partial charge in [0.25, 0.3) is 11.8 Å². The molecule has 8 heteroatoms. The van der Waals surface area contributed by atoms with Gasteiger partial charge < -0.3 is 20.5 Å². The average Bonchev–Trinajstić information content (AvgIpc) is 2.72. The summed E-state index contributed by atoms with van der Waals surface area (Å²) >= 11 is 0. The minimum atomic E-state index is -0.592. The second-order valence-electron chi connectivity index (χ2n) is 5.75. The first-order valence-electron chi connectivity index (χ1n) is 8.64. The quantitative estimate of drug-likeness (QED) is 0.402. The molecule has 148 valence electrons. The Morgan fingerprint density at radius 3 is 2.31 bits per heavy atom. The lowest BCUT2D eigenvalue weighted by Gasteiger charge is -2.06.